The van der Waals surface area contributed by atoms with E-state index in [-0.39, 0.29) is 0 Å². The maximum absolute atomic E-state index is 5.39. The Labute approximate surface area is 317 Å². The van der Waals surface area contributed by atoms with Crippen LogP contribution in [0.4, 0.5) is 11.4 Å². The zero-order valence-electron chi connectivity index (χ0n) is 34.4. The molecule has 0 spiro atoms. The van der Waals surface area contributed by atoms with Crippen molar-refractivity contribution in [2.75, 3.05) is 0 Å². The minimum absolute atomic E-state index is 0.986. The van der Waals surface area contributed by atoms with Crippen molar-refractivity contribution in [2.45, 2.75) is 214 Å². The SMILES string of the molecule is CCCCCCCCCCCCCCCCCCCC=CCCc1ccccc1N=C(CCCC)C(CCCC)=Nc1ccc(CC)c(CC)c1. The van der Waals surface area contributed by atoms with E-state index < -0.39 is 0 Å². The van der Waals surface area contributed by atoms with Crippen LogP contribution in [0.5, 0.6) is 0 Å². The van der Waals surface area contributed by atoms with Gasteiger partial charge in [0.25, 0.3) is 0 Å². The molecule has 0 aliphatic rings. The van der Waals surface area contributed by atoms with E-state index >= 15 is 0 Å². The van der Waals surface area contributed by atoms with Crippen LogP contribution < -0.4 is 0 Å². The minimum Gasteiger partial charge on any atom is -0.252 e. The lowest BCUT2D eigenvalue weighted by molar-refractivity contribution is 0.527. The molecule has 286 valence electrons. The highest BCUT2D eigenvalue weighted by molar-refractivity contribution is 6.43. The Morgan fingerprint density at radius 3 is 1.49 bits per heavy atom. The number of para-hydroxylation sites is 1. The van der Waals surface area contributed by atoms with Crippen LogP contribution in [0.25, 0.3) is 0 Å². The first-order valence-electron chi connectivity index (χ1n) is 22.2. The molecule has 0 unspecified atom stereocenters. The van der Waals surface area contributed by atoms with Crippen molar-refractivity contribution in [2.24, 2.45) is 9.98 Å². The number of benzene rings is 2. The summed E-state index contributed by atoms with van der Waals surface area (Å²) in [6, 6.07) is 15.6. The molecule has 0 atom stereocenters. The van der Waals surface area contributed by atoms with Gasteiger partial charge in [0.2, 0.25) is 0 Å². The molecular weight excluding hydrogens is 617 g/mol. The summed E-state index contributed by atoms with van der Waals surface area (Å²) in [6.45, 7) is 11.4. The van der Waals surface area contributed by atoms with Crippen molar-refractivity contribution in [3.05, 3.63) is 71.3 Å². The van der Waals surface area contributed by atoms with E-state index in [0.29, 0.717) is 0 Å². The van der Waals surface area contributed by atoms with Crippen molar-refractivity contribution in [3.8, 4) is 0 Å². The summed E-state index contributed by atoms with van der Waals surface area (Å²) >= 11 is 0. The minimum atomic E-state index is 0.986. The maximum Gasteiger partial charge on any atom is 0.0665 e. The number of nitrogens with zero attached hydrogens (tertiary/aromatic N) is 2. The topological polar surface area (TPSA) is 24.7 Å². The molecule has 0 heterocycles. The van der Waals surface area contributed by atoms with Gasteiger partial charge in [0.15, 0.2) is 0 Å². The van der Waals surface area contributed by atoms with Gasteiger partial charge in [-0.1, -0.05) is 187 Å². The van der Waals surface area contributed by atoms with Gasteiger partial charge in [0.05, 0.1) is 22.8 Å². The smallest absolute Gasteiger partial charge is 0.0665 e. The van der Waals surface area contributed by atoms with E-state index in [2.05, 4.69) is 89.2 Å². The fraction of sp³-hybridized carbons (Fsp3) is 0.673. The maximum atomic E-state index is 5.39. The van der Waals surface area contributed by atoms with Crippen LogP contribution >= 0.6 is 0 Å². The Bertz CT molecular complexity index is 1220. The molecular formula is C49H80N2. The summed E-state index contributed by atoms with van der Waals surface area (Å²) in [5, 5.41) is 0. The second-order valence-corrected chi connectivity index (χ2v) is 15.1. The molecule has 0 aliphatic carbocycles. The Morgan fingerprint density at radius 2 is 0.941 bits per heavy atom. The van der Waals surface area contributed by atoms with E-state index in [1.54, 1.807) is 0 Å². The number of hydrogen-bond acceptors (Lipinski definition) is 2. The number of hydrogen-bond donors (Lipinski definition) is 0. The summed E-state index contributed by atoms with van der Waals surface area (Å²) in [4.78, 5) is 10.7. The Morgan fingerprint density at radius 1 is 0.451 bits per heavy atom. The lowest BCUT2D eigenvalue weighted by atomic mass is 10.0. The van der Waals surface area contributed by atoms with Gasteiger partial charge in [0.1, 0.15) is 0 Å². The molecule has 0 amide bonds. The molecule has 2 rings (SSSR count). The highest BCUT2D eigenvalue weighted by atomic mass is 14.8. The summed E-state index contributed by atoms with van der Waals surface area (Å²) < 4.78 is 0. The van der Waals surface area contributed by atoms with Crippen LogP contribution in [-0.4, -0.2) is 11.4 Å². The van der Waals surface area contributed by atoms with Crippen LogP contribution in [0.1, 0.15) is 212 Å². The van der Waals surface area contributed by atoms with Crippen LogP contribution in [-0.2, 0) is 19.3 Å². The van der Waals surface area contributed by atoms with Crippen molar-refractivity contribution >= 4 is 22.8 Å². The number of allylic oxidation sites excluding steroid dienone is 2. The molecule has 2 heteroatoms. The van der Waals surface area contributed by atoms with Gasteiger partial charge in [-0.2, -0.15) is 0 Å². The van der Waals surface area contributed by atoms with E-state index in [1.165, 1.54) is 144 Å². The van der Waals surface area contributed by atoms with Crippen LogP contribution in [0.15, 0.2) is 64.6 Å². The zero-order chi connectivity index (χ0) is 36.6. The molecule has 2 nitrogen and oxygen atoms in total. The van der Waals surface area contributed by atoms with Gasteiger partial charge in [-0.25, -0.2) is 0 Å². The summed E-state index contributed by atoms with van der Waals surface area (Å²) in [7, 11) is 0. The molecule has 0 aliphatic heterocycles. The van der Waals surface area contributed by atoms with E-state index in [4.69, 9.17) is 9.98 Å². The summed E-state index contributed by atoms with van der Waals surface area (Å²) in [6.07, 6.45) is 41.2. The van der Waals surface area contributed by atoms with Gasteiger partial charge in [-0.05, 0) is 99.1 Å². The fourth-order valence-corrected chi connectivity index (χ4v) is 7.17. The molecule has 51 heavy (non-hydrogen) atoms. The Hall–Kier alpha value is -2.48. The molecule has 0 bridgehead atoms. The third kappa shape index (κ3) is 21.0. The van der Waals surface area contributed by atoms with Crippen molar-refractivity contribution in [3.63, 3.8) is 0 Å². The zero-order valence-corrected chi connectivity index (χ0v) is 34.4. The predicted molar refractivity (Wildman–Crippen MR) is 231 cm³/mol. The van der Waals surface area contributed by atoms with E-state index in [0.717, 1.165) is 75.6 Å². The first-order chi connectivity index (χ1) is 25.2. The normalized spacial score (nSPS) is 12.4. The predicted octanol–water partition coefficient (Wildman–Crippen LogP) is 16.6. The second-order valence-electron chi connectivity index (χ2n) is 15.1. The van der Waals surface area contributed by atoms with Gasteiger partial charge in [-0.3, -0.25) is 9.98 Å². The third-order valence-corrected chi connectivity index (χ3v) is 10.6. The van der Waals surface area contributed by atoms with E-state index in [9.17, 15) is 0 Å². The second kappa shape index (κ2) is 31.1. The monoisotopic (exact) mass is 697 g/mol. The van der Waals surface area contributed by atoms with Crippen molar-refractivity contribution in [1.29, 1.82) is 0 Å². The summed E-state index contributed by atoms with van der Waals surface area (Å²) in [5.74, 6) is 0. The molecule has 2 aromatic carbocycles. The molecule has 0 radical (unpaired) electrons. The molecule has 0 N–H and O–H groups in total. The van der Waals surface area contributed by atoms with Crippen molar-refractivity contribution in [1.82, 2.24) is 0 Å². The highest BCUT2D eigenvalue weighted by Crippen LogP contribution is 2.25. The third-order valence-electron chi connectivity index (χ3n) is 10.6. The van der Waals surface area contributed by atoms with Gasteiger partial charge in [0, 0.05) is 0 Å². The summed E-state index contributed by atoms with van der Waals surface area (Å²) in [5.41, 5.74) is 8.79. The first-order valence-corrected chi connectivity index (χ1v) is 22.2. The number of aryl methyl sites for hydroxylation is 3. The molecule has 0 fully saturated rings. The number of aliphatic imine (C=N–C) groups is 2. The van der Waals surface area contributed by atoms with Gasteiger partial charge >= 0.3 is 0 Å². The number of unbranched alkanes of at least 4 members (excludes halogenated alkanes) is 19. The molecule has 0 aromatic heterocycles. The molecule has 0 saturated heterocycles. The Kier molecular flexibility index (Phi) is 27.2. The van der Waals surface area contributed by atoms with Crippen LogP contribution in [0.3, 0.4) is 0 Å². The average Bonchev–Trinajstić information content (AvgIpc) is 3.16. The van der Waals surface area contributed by atoms with Crippen molar-refractivity contribution < 1.29 is 0 Å². The average molecular weight is 697 g/mol. The largest absolute Gasteiger partial charge is 0.252 e. The first kappa shape index (κ1) is 44.7. The quantitative estimate of drug-likeness (QED) is 0.0413. The van der Waals surface area contributed by atoms with Crippen LogP contribution in [0, 0.1) is 0 Å². The molecule has 0 saturated carbocycles. The standard InChI is InChI=1S/C49H80N2/c1-6-11-14-15-16-17-18-19-20-21-22-23-24-25-26-27-28-29-30-31-32-35-45-36-33-34-39-47(45)51-49(38-13-8-3)48(37-12-7-2)50-46-41-40-43(9-4)44(10-5)42-46/h30-31,33-34,36,39-42H,6-29,32,35,37-38H2,1-5H3. The van der Waals surface area contributed by atoms with Gasteiger partial charge < -0.3 is 0 Å². The molecule has 2 aromatic rings. The van der Waals surface area contributed by atoms with Gasteiger partial charge in [-0.15, -0.1) is 0 Å². The lowest BCUT2D eigenvalue weighted by Crippen LogP contribution is -2.14. The van der Waals surface area contributed by atoms with Crippen LogP contribution in [0.2, 0.25) is 0 Å². The van der Waals surface area contributed by atoms with E-state index in [1.807, 2.05) is 0 Å². The Balaban J connectivity index is 1.78. The highest BCUT2D eigenvalue weighted by Gasteiger charge is 2.12. The lowest BCUT2D eigenvalue weighted by Gasteiger charge is -2.13. The number of rotatable bonds is 32. The fourth-order valence-electron chi connectivity index (χ4n) is 7.17.